The SMILES string of the molecule is NC[C@@H]1Cc2cc(C=O)ccc2O1. The Bertz CT molecular complexity index is 336. The summed E-state index contributed by atoms with van der Waals surface area (Å²) >= 11 is 0. The molecule has 1 aliphatic heterocycles. The van der Waals surface area contributed by atoms with Gasteiger partial charge < -0.3 is 10.5 Å². The molecule has 68 valence electrons. The lowest BCUT2D eigenvalue weighted by molar-refractivity contribution is 0.112. The topological polar surface area (TPSA) is 52.3 Å². The normalized spacial score (nSPS) is 19.3. The zero-order chi connectivity index (χ0) is 9.26. The maximum atomic E-state index is 10.5. The molecule has 0 radical (unpaired) electrons. The molecule has 13 heavy (non-hydrogen) atoms. The first kappa shape index (κ1) is 8.26. The van der Waals surface area contributed by atoms with Crippen molar-refractivity contribution in [2.75, 3.05) is 6.54 Å². The number of fused-ring (bicyclic) bond motifs is 1. The fourth-order valence-electron chi connectivity index (χ4n) is 1.55. The molecule has 1 aromatic rings. The summed E-state index contributed by atoms with van der Waals surface area (Å²) in [5, 5.41) is 0. The molecular formula is C10H11NO2. The fraction of sp³-hybridized carbons (Fsp3) is 0.300. The van der Waals surface area contributed by atoms with Gasteiger partial charge in [0.15, 0.2) is 0 Å². The van der Waals surface area contributed by atoms with Gasteiger partial charge in [-0.3, -0.25) is 4.79 Å². The second-order valence-corrected chi connectivity index (χ2v) is 3.16. The molecule has 2 N–H and O–H groups in total. The van der Waals surface area contributed by atoms with E-state index in [-0.39, 0.29) is 6.10 Å². The van der Waals surface area contributed by atoms with Gasteiger partial charge in [-0.25, -0.2) is 0 Å². The van der Waals surface area contributed by atoms with E-state index in [1.807, 2.05) is 12.1 Å². The number of hydrogen-bond acceptors (Lipinski definition) is 3. The first-order chi connectivity index (χ1) is 6.33. The number of carbonyl (C=O) groups excluding carboxylic acids is 1. The first-order valence-electron chi connectivity index (χ1n) is 4.28. The van der Waals surface area contributed by atoms with Gasteiger partial charge in [0.25, 0.3) is 0 Å². The number of aldehydes is 1. The number of rotatable bonds is 2. The summed E-state index contributed by atoms with van der Waals surface area (Å²) in [5.41, 5.74) is 7.27. The monoisotopic (exact) mass is 177 g/mol. The van der Waals surface area contributed by atoms with E-state index >= 15 is 0 Å². The lowest BCUT2D eigenvalue weighted by Gasteiger charge is -2.05. The van der Waals surface area contributed by atoms with Crippen LogP contribution in [-0.4, -0.2) is 18.9 Å². The lowest BCUT2D eigenvalue weighted by atomic mass is 10.1. The van der Waals surface area contributed by atoms with E-state index in [4.69, 9.17) is 10.5 Å². The van der Waals surface area contributed by atoms with Gasteiger partial charge in [0.05, 0.1) is 0 Å². The van der Waals surface area contributed by atoms with Gasteiger partial charge in [-0.05, 0) is 23.8 Å². The van der Waals surface area contributed by atoms with Crippen LogP contribution in [0, 0.1) is 0 Å². The van der Waals surface area contributed by atoms with Gasteiger partial charge in [-0.1, -0.05) is 0 Å². The molecule has 1 heterocycles. The minimum Gasteiger partial charge on any atom is -0.488 e. The Labute approximate surface area is 76.5 Å². The molecular weight excluding hydrogens is 166 g/mol. The van der Waals surface area contributed by atoms with Crippen LogP contribution >= 0.6 is 0 Å². The summed E-state index contributed by atoms with van der Waals surface area (Å²) < 4.78 is 5.51. The standard InChI is InChI=1S/C10H11NO2/c11-5-9-4-8-3-7(6-12)1-2-10(8)13-9/h1-3,6,9H,4-5,11H2/t9-/m0/s1. The molecule has 1 aromatic carbocycles. The van der Waals surface area contributed by atoms with E-state index in [1.165, 1.54) is 0 Å². The number of hydrogen-bond donors (Lipinski definition) is 1. The molecule has 3 nitrogen and oxygen atoms in total. The summed E-state index contributed by atoms with van der Waals surface area (Å²) in [6.45, 7) is 0.519. The van der Waals surface area contributed by atoms with Crippen molar-refractivity contribution in [3.8, 4) is 5.75 Å². The van der Waals surface area contributed by atoms with Crippen LogP contribution in [0.1, 0.15) is 15.9 Å². The second kappa shape index (κ2) is 3.18. The third-order valence-corrected chi connectivity index (χ3v) is 2.22. The summed E-state index contributed by atoms with van der Waals surface area (Å²) in [6, 6.07) is 5.44. The van der Waals surface area contributed by atoms with Gasteiger partial charge >= 0.3 is 0 Å². The average Bonchev–Trinajstić information content (AvgIpc) is 2.58. The molecule has 0 aromatic heterocycles. The third-order valence-electron chi connectivity index (χ3n) is 2.22. The number of benzene rings is 1. The Morgan fingerprint density at radius 1 is 1.62 bits per heavy atom. The van der Waals surface area contributed by atoms with Crippen LogP contribution in [0.2, 0.25) is 0 Å². The van der Waals surface area contributed by atoms with Crippen LogP contribution in [0.3, 0.4) is 0 Å². The fourth-order valence-corrected chi connectivity index (χ4v) is 1.55. The van der Waals surface area contributed by atoms with Crippen LogP contribution < -0.4 is 10.5 Å². The Morgan fingerprint density at radius 2 is 2.46 bits per heavy atom. The maximum absolute atomic E-state index is 10.5. The van der Waals surface area contributed by atoms with Gasteiger partial charge in [0.1, 0.15) is 18.1 Å². The predicted octanol–water partition coefficient (Wildman–Crippen LogP) is 0.761. The van der Waals surface area contributed by atoms with Crippen molar-refractivity contribution in [1.29, 1.82) is 0 Å². The van der Waals surface area contributed by atoms with Crippen LogP contribution in [-0.2, 0) is 6.42 Å². The lowest BCUT2D eigenvalue weighted by Crippen LogP contribution is -2.24. The molecule has 0 saturated carbocycles. The van der Waals surface area contributed by atoms with E-state index in [9.17, 15) is 4.79 Å². The van der Waals surface area contributed by atoms with E-state index < -0.39 is 0 Å². The van der Waals surface area contributed by atoms with Crippen molar-refractivity contribution >= 4 is 6.29 Å². The first-order valence-corrected chi connectivity index (χ1v) is 4.28. The molecule has 0 saturated heterocycles. The summed E-state index contributed by atoms with van der Waals surface area (Å²) in [5.74, 6) is 0.862. The minimum atomic E-state index is 0.0805. The second-order valence-electron chi connectivity index (χ2n) is 3.16. The highest BCUT2D eigenvalue weighted by Gasteiger charge is 2.21. The Kier molecular flexibility index (Phi) is 2.02. The van der Waals surface area contributed by atoms with Gasteiger partial charge in [0.2, 0.25) is 0 Å². The molecule has 1 aliphatic rings. The van der Waals surface area contributed by atoms with E-state index in [1.54, 1.807) is 6.07 Å². The number of ether oxygens (including phenoxy) is 1. The molecule has 2 rings (SSSR count). The predicted molar refractivity (Wildman–Crippen MR) is 49.0 cm³/mol. The van der Waals surface area contributed by atoms with Crippen LogP contribution in [0.5, 0.6) is 5.75 Å². The zero-order valence-corrected chi connectivity index (χ0v) is 7.19. The molecule has 0 amide bonds. The Hall–Kier alpha value is -1.35. The minimum absolute atomic E-state index is 0.0805. The molecule has 0 spiro atoms. The zero-order valence-electron chi connectivity index (χ0n) is 7.19. The molecule has 1 atom stereocenters. The summed E-state index contributed by atoms with van der Waals surface area (Å²) in [7, 11) is 0. The van der Waals surface area contributed by atoms with Crippen molar-refractivity contribution < 1.29 is 9.53 Å². The summed E-state index contributed by atoms with van der Waals surface area (Å²) in [4.78, 5) is 10.5. The van der Waals surface area contributed by atoms with E-state index in [2.05, 4.69) is 0 Å². The van der Waals surface area contributed by atoms with Gasteiger partial charge in [-0.2, -0.15) is 0 Å². The average molecular weight is 177 g/mol. The molecule has 0 fully saturated rings. The third kappa shape index (κ3) is 1.42. The van der Waals surface area contributed by atoms with Crippen LogP contribution in [0.25, 0.3) is 0 Å². The largest absolute Gasteiger partial charge is 0.488 e. The van der Waals surface area contributed by atoms with Crippen LogP contribution in [0.15, 0.2) is 18.2 Å². The highest BCUT2D eigenvalue weighted by molar-refractivity contribution is 5.75. The highest BCUT2D eigenvalue weighted by Crippen LogP contribution is 2.28. The maximum Gasteiger partial charge on any atom is 0.150 e. The van der Waals surface area contributed by atoms with Gasteiger partial charge in [-0.15, -0.1) is 0 Å². The number of nitrogens with two attached hydrogens (primary N) is 1. The van der Waals surface area contributed by atoms with E-state index in [0.717, 1.165) is 24.0 Å². The van der Waals surface area contributed by atoms with Crippen LogP contribution in [0.4, 0.5) is 0 Å². The van der Waals surface area contributed by atoms with E-state index in [0.29, 0.717) is 12.1 Å². The Morgan fingerprint density at radius 3 is 3.15 bits per heavy atom. The quantitative estimate of drug-likeness (QED) is 0.678. The highest BCUT2D eigenvalue weighted by atomic mass is 16.5. The van der Waals surface area contributed by atoms with Crippen molar-refractivity contribution in [1.82, 2.24) is 0 Å². The van der Waals surface area contributed by atoms with Crippen molar-refractivity contribution in [2.45, 2.75) is 12.5 Å². The van der Waals surface area contributed by atoms with Crippen molar-refractivity contribution in [3.63, 3.8) is 0 Å². The molecule has 0 unspecified atom stereocenters. The molecule has 3 heteroatoms. The van der Waals surface area contributed by atoms with Gasteiger partial charge in [0, 0.05) is 18.5 Å². The van der Waals surface area contributed by atoms with Crippen molar-refractivity contribution in [3.05, 3.63) is 29.3 Å². The molecule has 0 aliphatic carbocycles. The smallest absolute Gasteiger partial charge is 0.150 e. The van der Waals surface area contributed by atoms with Crippen molar-refractivity contribution in [2.24, 2.45) is 5.73 Å². The Balaban J connectivity index is 2.30. The number of carbonyl (C=O) groups is 1. The summed E-state index contributed by atoms with van der Waals surface area (Å²) in [6.07, 6.45) is 1.74. The molecule has 0 bridgehead atoms.